The lowest BCUT2D eigenvalue weighted by molar-refractivity contribution is -0.131. The maximum absolute atomic E-state index is 13.7. The Labute approximate surface area is 214 Å². The quantitative estimate of drug-likeness (QED) is 0.353. The number of benzene rings is 2. The molecular formula is C28H40N2O6. The molecule has 0 aliphatic carbocycles. The highest BCUT2D eigenvalue weighted by Gasteiger charge is 2.45. The van der Waals surface area contributed by atoms with E-state index in [1.165, 1.54) is 4.90 Å². The number of ether oxygens (including phenoxy) is 3. The topological polar surface area (TPSA) is 88.5 Å². The normalized spacial score (nSPS) is 12.9. The number of nitrogens with zero attached hydrogens (tertiary/aromatic N) is 2. The molecule has 1 N–H and O–H groups in total. The van der Waals surface area contributed by atoms with Crippen molar-refractivity contribution >= 4 is 12.2 Å². The van der Waals surface area contributed by atoms with E-state index in [0.717, 1.165) is 29.0 Å². The van der Waals surface area contributed by atoms with Crippen LogP contribution in [0.4, 0.5) is 9.59 Å². The summed E-state index contributed by atoms with van der Waals surface area (Å²) in [5.74, 6) is 1.44. The molecule has 0 fully saturated rings. The van der Waals surface area contributed by atoms with Gasteiger partial charge in [-0.2, -0.15) is 0 Å². The van der Waals surface area contributed by atoms with Gasteiger partial charge in [0.05, 0.1) is 14.2 Å². The van der Waals surface area contributed by atoms with Crippen molar-refractivity contribution in [3.05, 3.63) is 59.7 Å². The van der Waals surface area contributed by atoms with E-state index in [1.807, 2.05) is 55.5 Å². The molecule has 0 aliphatic rings. The molecular weight excluding hydrogens is 460 g/mol. The summed E-state index contributed by atoms with van der Waals surface area (Å²) in [5, 5.41) is 10.1. The fourth-order valence-corrected chi connectivity index (χ4v) is 4.25. The van der Waals surface area contributed by atoms with Gasteiger partial charge >= 0.3 is 12.2 Å². The molecule has 0 spiro atoms. The largest absolute Gasteiger partial charge is 0.497 e. The Balaban J connectivity index is 2.40. The van der Waals surface area contributed by atoms with E-state index < -0.39 is 23.5 Å². The summed E-state index contributed by atoms with van der Waals surface area (Å²) in [6, 6.07) is 14.9. The maximum Gasteiger partial charge on any atom is 0.412 e. The number of unbranched alkanes of at least 4 members (excludes halogenated alkanes) is 1. The van der Waals surface area contributed by atoms with E-state index in [2.05, 4.69) is 0 Å². The number of carbonyl (C=O) groups excluding carboxylic acids is 1. The molecule has 0 saturated heterocycles. The minimum Gasteiger partial charge on any atom is -0.497 e. The molecule has 0 aliphatic heterocycles. The lowest BCUT2D eigenvalue weighted by Gasteiger charge is -2.46. The van der Waals surface area contributed by atoms with Crippen LogP contribution >= 0.6 is 0 Å². The summed E-state index contributed by atoms with van der Waals surface area (Å²) >= 11 is 0. The number of amides is 2. The van der Waals surface area contributed by atoms with Gasteiger partial charge in [-0.1, -0.05) is 37.6 Å². The average molecular weight is 501 g/mol. The molecule has 198 valence electrons. The molecule has 0 radical (unpaired) electrons. The fraction of sp³-hybridized carbons (Fsp3) is 0.500. The van der Waals surface area contributed by atoms with Crippen LogP contribution < -0.4 is 9.47 Å². The van der Waals surface area contributed by atoms with Crippen LogP contribution in [0.2, 0.25) is 0 Å². The van der Waals surface area contributed by atoms with Crippen molar-refractivity contribution in [3.63, 3.8) is 0 Å². The average Bonchev–Trinajstić information content (AvgIpc) is 2.82. The van der Waals surface area contributed by atoms with Gasteiger partial charge < -0.3 is 19.3 Å². The van der Waals surface area contributed by atoms with Gasteiger partial charge in [-0.15, -0.1) is 0 Å². The van der Waals surface area contributed by atoms with Gasteiger partial charge in [0.2, 0.25) is 0 Å². The van der Waals surface area contributed by atoms with Crippen molar-refractivity contribution in [2.24, 2.45) is 0 Å². The molecule has 36 heavy (non-hydrogen) atoms. The monoisotopic (exact) mass is 500 g/mol. The third-order valence-corrected chi connectivity index (χ3v) is 5.96. The smallest absolute Gasteiger partial charge is 0.412 e. The molecule has 0 unspecified atom stereocenters. The highest BCUT2D eigenvalue weighted by Crippen LogP contribution is 2.32. The van der Waals surface area contributed by atoms with Crippen LogP contribution in [0.1, 0.15) is 65.0 Å². The second-order valence-corrected chi connectivity index (χ2v) is 9.99. The number of hydrogen-bond donors (Lipinski definition) is 1. The standard InChI is InChI=1S/C28H40N2O6/c1-8-9-18-28(5,30(25(31)32)27(2,3)4)36-26(33)29(19-21-10-14-23(34-6)15-11-21)20-22-12-16-24(35-7)17-13-22/h10-17H,8-9,18-20H2,1-7H3,(H,31,32)/t28-/m0/s1. The Kier molecular flexibility index (Phi) is 10.0. The van der Waals surface area contributed by atoms with Crippen molar-refractivity contribution in [3.8, 4) is 11.5 Å². The van der Waals surface area contributed by atoms with Gasteiger partial charge in [-0.05, 0) is 69.5 Å². The van der Waals surface area contributed by atoms with Gasteiger partial charge in [0.1, 0.15) is 11.5 Å². The van der Waals surface area contributed by atoms with E-state index in [1.54, 1.807) is 46.8 Å². The predicted molar refractivity (Wildman–Crippen MR) is 139 cm³/mol. The molecule has 2 aromatic carbocycles. The van der Waals surface area contributed by atoms with Crippen LogP contribution in [0, 0.1) is 0 Å². The number of hydrogen-bond acceptors (Lipinski definition) is 5. The van der Waals surface area contributed by atoms with Crippen molar-refractivity contribution in [2.75, 3.05) is 14.2 Å². The Bertz CT molecular complexity index is 935. The van der Waals surface area contributed by atoms with Gasteiger partial charge in [0.25, 0.3) is 0 Å². The Morgan fingerprint density at radius 1 is 0.833 bits per heavy atom. The summed E-state index contributed by atoms with van der Waals surface area (Å²) in [6.07, 6.45) is 0.214. The first-order chi connectivity index (χ1) is 16.9. The summed E-state index contributed by atoms with van der Waals surface area (Å²) in [7, 11) is 3.20. The lowest BCUT2D eigenvalue weighted by Crippen LogP contribution is -2.60. The van der Waals surface area contributed by atoms with Gasteiger partial charge in [-0.3, -0.25) is 9.80 Å². The van der Waals surface area contributed by atoms with Crippen molar-refractivity contribution in [1.82, 2.24) is 9.80 Å². The SMILES string of the molecule is CCCC[C@](C)(OC(=O)N(Cc1ccc(OC)cc1)Cc1ccc(OC)cc1)N(C(=O)O)C(C)(C)C. The van der Waals surface area contributed by atoms with Gasteiger partial charge in [0.15, 0.2) is 5.72 Å². The molecule has 8 heteroatoms. The zero-order chi connectivity index (χ0) is 26.9. The second kappa shape index (κ2) is 12.5. The first-order valence-electron chi connectivity index (χ1n) is 12.2. The molecule has 0 bridgehead atoms. The van der Waals surface area contributed by atoms with Crippen LogP contribution in [-0.4, -0.2) is 52.6 Å². The van der Waals surface area contributed by atoms with Crippen LogP contribution in [0.15, 0.2) is 48.5 Å². The van der Waals surface area contributed by atoms with Gasteiger partial charge in [0, 0.05) is 25.0 Å². The second-order valence-electron chi connectivity index (χ2n) is 9.99. The van der Waals surface area contributed by atoms with Crippen molar-refractivity contribution < 1.29 is 28.9 Å². The first-order valence-corrected chi connectivity index (χ1v) is 12.2. The van der Waals surface area contributed by atoms with Crippen LogP contribution in [0.25, 0.3) is 0 Å². The minimum atomic E-state index is -1.34. The lowest BCUT2D eigenvalue weighted by atomic mass is 9.98. The molecule has 0 heterocycles. The van der Waals surface area contributed by atoms with Crippen LogP contribution in [-0.2, 0) is 17.8 Å². The van der Waals surface area contributed by atoms with Crippen molar-refractivity contribution in [1.29, 1.82) is 0 Å². The molecule has 2 aromatic rings. The molecule has 0 saturated carbocycles. The zero-order valence-corrected chi connectivity index (χ0v) is 22.5. The van der Waals surface area contributed by atoms with E-state index in [-0.39, 0.29) is 13.1 Å². The summed E-state index contributed by atoms with van der Waals surface area (Å²) in [5.41, 5.74) is -0.328. The minimum absolute atomic E-state index is 0.279. The van der Waals surface area contributed by atoms with Crippen molar-refractivity contribution in [2.45, 2.75) is 78.2 Å². The summed E-state index contributed by atoms with van der Waals surface area (Å²) < 4.78 is 16.6. The molecule has 8 nitrogen and oxygen atoms in total. The number of methoxy groups -OCH3 is 2. The number of carbonyl (C=O) groups is 2. The Hall–Kier alpha value is -3.42. The fourth-order valence-electron chi connectivity index (χ4n) is 4.25. The van der Waals surface area contributed by atoms with E-state index in [4.69, 9.17) is 14.2 Å². The summed E-state index contributed by atoms with van der Waals surface area (Å²) in [6.45, 7) is 9.65. The van der Waals surface area contributed by atoms with E-state index in [0.29, 0.717) is 12.8 Å². The third kappa shape index (κ3) is 7.80. The maximum atomic E-state index is 13.7. The first kappa shape index (κ1) is 28.8. The Morgan fingerprint density at radius 3 is 1.61 bits per heavy atom. The molecule has 2 amide bonds. The molecule has 1 atom stereocenters. The number of carboxylic acid groups (broad SMARTS) is 1. The molecule has 2 rings (SSSR count). The zero-order valence-electron chi connectivity index (χ0n) is 22.5. The molecule has 0 aromatic heterocycles. The highest BCUT2D eigenvalue weighted by molar-refractivity contribution is 5.71. The van der Waals surface area contributed by atoms with E-state index >= 15 is 0 Å². The van der Waals surface area contributed by atoms with Crippen LogP contribution in [0.5, 0.6) is 11.5 Å². The van der Waals surface area contributed by atoms with Gasteiger partial charge in [-0.25, -0.2) is 9.59 Å². The predicted octanol–water partition coefficient (Wildman–Crippen LogP) is 6.53. The number of rotatable bonds is 11. The third-order valence-electron chi connectivity index (χ3n) is 5.96. The highest BCUT2D eigenvalue weighted by atomic mass is 16.6. The van der Waals surface area contributed by atoms with E-state index in [9.17, 15) is 14.7 Å². The summed E-state index contributed by atoms with van der Waals surface area (Å²) in [4.78, 5) is 28.8. The van der Waals surface area contributed by atoms with Crippen LogP contribution in [0.3, 0.4) is 0 Å². The Morgan fingerprint density at radius 2 is 1.28 bits per heavy atom.